The number of hydrogen-bond donors (Lipinski definition) is 1. The molecule has 0 fully saturated rings. The second-order valence-corrected chi connectivity index (χ2v) is 6.70. The molecule has 0 saturated heterocycles. The van der Waals surface area contributed by atoms with E-state index in [9.17, 15) is 0 Å². The second kappa shape index (κ2) is 7.10. The Morgan fingerprint density at radius 2 is 1.75 bits per heavy atom. The van der Waals surface area contributed by atoms with Crippen LogP contribution in [0.2, 0.25) is 0 Å². The number of ether oxygens (including phenoxy) is 1. The molecule has 0 atom stereocenters. The summed E-state index contributed by atoms with van der Waals surface area (Å²) in [4.78, 5) is 0. The van der Waals surface area contributed by atoms with Crippen LogP contribution in [0.3, 0.4) is 0 Å². The van der Waals surface area contributed by atoms with E-state index in [0.717, 1.165) is 18.7 Å². The van der Waals surface area contributed by atoms with Gasteiger partial charge in [0.05, 0.1) is 7.11 Å². The van der Waals surface area contributed by atoms with Crippen LogP contribution in [0.4, 0.5) is 0 Å². The van der Waals surface area contributed by atoms with Crippen molar-refractivity contribution >= 4 is 10.9 Å². The van der Waals surface area contributed by atoms with Gasteiger partial charge < -0.3 is 15.0 Å². The van der Waals surface area contributed by atoms with Gasteiger partial charge >= 0.3 is 0 Å². The van der Waals surface area contributed by atoms with Gasteiger partial charge in [0, 0.05) is 23.6 Å². The first-order valence-corrected chi connectivity index (χ1v) is 8.58. The van der Waals surface area contributed by atoms with Crippen LogP contribution in [-0.4, -0.2) is 18.2 Å². The average Bonchev–Trinajstić information content (AvgIpc) is 2.92. The molecule has 0 aliphatic heterocycles. The number of hydrogen-bond acceptors (Lipinski definition) is 2. The van der Waals surface area contributed by atoms with Gasteiger partial charge in [-0.15, -0.1) is 0 Å². The minimum atomic E-state index is 0.607. The zero-order valence-corrected chi connectivity index (χ0v) is 14.8. The van der Waals surface area contributed by atoms with Gasteiger partial charge in [0.25, 0.3) is 0 Å². The maximum Gasteiger partial charge on any atom is 0.118 e. The lowest BCUT2D eigenvalue weighted by molar-refractivity contribution is 0.415. The Hall–Kier alpha value is -2.26. The van der Waals surface area contributed by atoms with E-state index in [1.165, 1.54) is 27.6 Å². The van der Waals surface area contributed by atoms with Gasteiger partial charge in [-0.05, 0) is 53.8 Å². The Labute approximate surface area is 144 Å². The molecular weight excluding hydrogens is 296 g/mol. The molecule has 0 amide bonds. The molecule has 0 spiro atoms. The van der Waals surface area contributed by atoms with Crippen molar-refractivity contribution in [2.75, 3.05) is 13.7 Å². The summed E-state index contributed by atoms with van der Waals surface area (Å²) in [7, 11) is 1.69. The number of nitrogens with zero attached hydrogens (tertiary/aromatic N) is 1. The van der Waals surface area contributed by atoms with E-state index in [4.69, 9.17) is 10.5 Å². The van der Waals surface area contributed by atoms with Gasteiger partial charge in [-0.3, -0.25) is 0 Å². The Bertz CT molecular complexity index is 816. The summed E-state index contributed by atoms with van der Waals surface area (Å²) in [6, 6.07) is 15.0. The lowest BCUT2D eigenvalue weighted by atomic mass is 10.0. The third kappa shape index (κ3) is 3.31. The molecule has 2 aromatic carbocycles. The summed E-state index contributed by atoms with van der Waals surface area (Å²) in [5.41, 5.74) is 10.9. The van der Waals surface area contributed by atoms with Gasteiger partial charge in [0.1, 0.15) is 5.75 Å². The van der Waals surface area contributed by atoms with Crippen LogP contribution in [0, 0.1) is 5.92 Å². The summed E-state index contributed by atoms with van der Waals surface area (Å²) < 4.78 is 7.63. The second-order valence-electron chi connectivity index (χ2n) is 6.70. The Morgan fingerprint density at radius 3 is 2.38 bits per heavy atom. The normalized spacial score (nSPS) is 11.4. The Morgan fingerprint density at radius 1 is 1.04 bits per heavy atom. The van der Waals surface area contributed by atoms with Crippen molar-refractivity contribution in [2.24, 2.45) is 11.7 Å². The highest BCUT2D eigenvalue weighted by atomic mass is 16.5. The van der Waals surface area contributed by atoms with E-state index >= 15 is 0 Å². The molecular formula is C21H26N2O. The molecule has 3 nitrogen and oxygen atoms in total. The van der Waals surface area contributed by atoms with Crippen LogP contribution < -0.4 is 10.5 Å². The van der Waals surface area contributed by atoms with E-state index in [0.29, 0.717) is 12.5 Å². The van der Waals surface area contributed by atoms with Crippen molar-refractivity contribution < 1.29 is 4.74 Å². The van der Waals surface area contributed by atoms with Crippen molar-refractivity contribution in [3.05, 3.63) is 54.2 Å². The molecule has 0 bridgehead atoms. The van der Waals surface area contributed by atoms with Crippen LogP contribution in [0.25, 0.3) is 22.0 Å². The Kier molecular flexibility index (Phi) is 4.91. The number of rotatable bonds is 6. The zero-order valence-electron chi connectivity index (χ0n) is 14.8. The fourth-order valence-corrected chi connectivity index (χ4v) is 3.23. The van der Waals surface area contributed by atoms with E-state index < -0.39 is 0 Å². The van der Waals surface area contributed by atoms with Crippen LogP contribution >= 0.6 is 0 Å². The highest BCUT2D eigenvalue weighted by Gasteiger charge is 2.11. The molecule has 3 aromatic rings. The molecule has 0 aliphatic rings. The maximum absolute atomic E-state index is 5.79. The highest BCUT2D eigenvalue weighted by Crippen LogP contribution is 2.29. The fraction of sp³-hybridized carbons (Fsp3) is 0.333. The van der Waals surface area contributed by atoms with Gasteiger partial charge in [-0.25, -0.2) is 0 Å². The van der Waals surface area contributed by atoms with E-state index in [2.05, 4.69) is 54.9 Å². The molecule has 0 saturated carbocycles. The molecule has 3 heteroatoms. The lowest BCUT2D eigenvalue weighted by Gasteiger charge is -2.10. The summed E-state index contributed by atoms with van der Waals surface area (Å²) in [5, 5.41) is 1.32. The standard InChI is InChI=1S/C21H26N2O/c1-15(2)13-23-14-18(10-11-22)20-9-6-17(12-21(20)23)16-4-7-19(24-3)8-5-16/h4-9,12,14-15H,10-11,13,22H2,1-3H3. The van der Waals surface area contributed by atoms with Gasteiger partial charge in [0.2, 0.25) is 0 Å². The largest absolute Gasteiger partial charge is 0.497 e. The quantitative estimate of drug-likeness (QED) is 0.727. The third-order valence-corrected chi connectivity index (χ3v) is 4.36. The van der Waals surface area contributed by atoms with Crippen molar-refractivity contribution in [3.63, 3.8) is 0 Å². The van der Waals surface area contributed by atoms with Gasteiger partial charge in [-0.2, -0.15) is 0 Å². The molecule has 126 valence electrons. The molecule has 24 heavy (non-hydrogen) atoms. The molecule has 1 aromatic heterocycles. The van der Waals surface area contributed by atoms with Crippen LogP contribution in [0.5, 0.6) is 5.75 Å². The number of methoxy groups -OCH3 is 1. The third-order valence-electron chi connectivity index (χ3n) is 4.36. The van der Waals surface area contributed by atoms with E-state index in [1.807, 2.05) is 12.1 Å². The van der Waals surface area contributed by atoms with Crippen LogP contribution in [-0.2, 0) is 13.0 Å². The van der Waals surface area contributed by atoms with Crippen LogP contribution in [0.1, 0.15) is 19.4 Å². The van der Waals surface area contributed by atoms with Gasteiger partial charge in [-0.1, -0.05) is 38.1 Å². The van der Waals surface area contributed by atoms with Crippen molar-refractivity contribution in [3.8, 4) is 16.9 Å². The average molecular weight is 322 g/mol. The van der Waals surface area contributed by atoms with Crippen LogP contribution in [0.15, 0.2) is 48.7 Å². The number of aromatic nitrogens is 1. The predicted molar refractivity (Wildman–Crippen MR) is 102 cm³/mol. The molecule has 1 heterocycles. The maximum atomic E-state index is 5.79. The minimum Gasteiger partial charge on any atom is -0.497 e. The van der Waals surface area contributed by atoms with E-state index in [1.54, 1.807) is 7.11 Å². The predicted octanol–water partition coefficient (Wildman–Crippen LogP) is 4.47. The lowest BCUT2D eigenvalue weighted by Crippen LogP contribution is -2.04. The molecule has 3 rings (SSSR count). The Balaban J connectivity index is 2.07. The molecule has 2 N–H and O–H groups in total. The summed E-state index contributed by atoms with van der Waals surface area (Å²) in [5.74, 6) is 1.49. The van der Waals surface area contributed by atoms with E-state index in [-0.39, 0.29) is 0 Å². The number of nitrogens with two attached hydrogens (primary N) is 1. The minimum absolute atomic E-state index is 0.607. The monoisotopic (exact) mass is 322 g/mol. The molecule has 0 unspecified atom stereocenters. The topological polar surface area (TPSA) is 40.2 Å². The fourth-order valence-electron chi connectivity index (χ4n) is 3.23. The SMILES string of the molecule is COc1ccc(-c2ccc3c(CCN)cn(CC(C)C)c3c2)cc1. The number of benzene rings is 2. The molecule has 0 radical (unpaired) electrons. The molecule has 0 aliphatic carbocycles. The van der Waals surface area contributed by atoms with Gasteiger partial charge in [0.15, 0.2) is 0 Å². The zero-order chi connectivity index (χ0) is 17.1. The summed E-state index contributed by atoms with van der Waals surface area (Å²) in [6.07, 6.45) is 3.19. The first-order valence-electron chi connectivity index (χ1n) is 8.58. The first kappa shape index (κ1) is 16.6. The smallest absolute Gasteiger partial charge is 0.118 e. The van der Waals surface area contributed by atoms with Crippen molar-refractivity contribution in [2.45, 2.75) is 26.8 Å². The van der Waals surface area contributed by atoms with Crippen molar-refractivity contribution in [1.82, 2.24) is 4.57 Å². The highest BCUT2D eigenvalue weighted by molar-refractivity contribution is 5.88. The summed E-state index contributed by atoms with van der Waals surface area (Å²) >= 11 is 0. The summed E-state index contributed by atoms with van der Waals surface area (Å²) in [6.45, 7) is 6.21. The van der Waals surface area contributed by atoms with Crippen molar-refractivity contribution in [1.29, 1.82) is 0 Å². The number of fused-ring (bicyclic) bond motifs is 1. The first-order chi connectivity index (χ1) is 11.6.